The predicted molar refractivity (Wildman–Crippen MR) is 118 cm³/mol. The highest BCUT2D eigenvalue weighted by atomic mass is 16.5. The zero-order valence-electron chi connectivity index (χ0n) is 16.1. The van der Waals surface area contributed by atoms with E-state index in [0.29, 0.717) is 18.1 Å². The van der Waals surface area contributed by atoms with E-state index in [4.69, 9.17) is 14.5 Å². The number of ether oxygens (including phenoxy) is 2. The Bertz CT molecular complexity index is 1210. The van der Waals surface area contributed by atoms with Crippen LogP contribution in [-0.2, 0) is 6.61 Å². The van der Waals surface area contributed by atoms with Crippen molar-refractivity contribution in [2.75, 3.05) is 12.4 Å². The SMILES string of the molecule is COc1cc(C2=Nc3cccc4cccc(c34)N2)ccc1OCc1ccccc1. The van der Waals surface area contributed by atoms with Crippen molar-refractivity contribution in [3.8, 4) is 11.5 Å². The van der Waals surface area contributed by atoms with Crippen LogP contribution in [0.5, 0.6) is 11.5 Å². The number of nitrogens with zero attached hydrogens (tertiary/aromatic N) is 1. The lowest BCUT2D eigenvalue weighted by molar-refractivity contribution is 0.284. The van der Waals surface area contributed by atoms with Gasteiger partial charge in [0.1, 0.15) is 12.4 Å². The lowest BCUT2D eigenvalue weighted by atomic mass is 10.0. The van der Waals surface area contributed by atoms with Gasteiger partial charge >= 0.3 is 0 Å². The quantitative estimate of drug-likeness (QED) is 0.466. The Labute approximate surface area is 169 Å². The van der Waals surface area contributed by atoms with E-state index in [1.54, 1.807) is 7.11 Å². The Balaban J connectivity index is 1.46. The van der Waals surface area contributed by atoms with Gasteiger partial charge in [0.15, 0.2) is 11.5 Å². The summed E-state index contributed by atoms with van der Waals surface area (Å²) in [6.45, 7) is 0.491. The van der Waals surface area contributed by atoms with Gasteiger partial charge in [-0.25, -0.2) is 4.99 Å². The van der Waals surface area contributed by atoms with Crippen molar-refractivity contribution in [2.24, 2.45) is 4.99 Å². The molecule has 0 amide bonds. The molecule has 1 aliphatic rings. The minimum atomic E-state index is 0.491. The highest BCUT2D eigenvalue weighted by Gasteiger charge is 2.17. The third kappa shape index (κ3) is 3.29. The van der Waals surface area contributed by atoms with E-state index in [2.05, 4.69) is 29.6 Å². The fourth-order valence-corrected chi connectivity index (χ4v) is 3.60. The van der Waals surface area contributed by atoms with E-state index in [1.807, 2.05) is 60.7 Å². The molecule has 1 N–H and O–H groups in total. The van der Waals surface area contributed by atoms with E-state index in [1.165, 1.54) is 5.39 Å². The molecule has 0 bridgehead atoms. The van der Waals surface area contributed by atoms with Crippen LogP contribution in [-0.4, -0.2) is 12.9 Å². The van der Waals surface area contributed by atoms with Crippen LogP contribution in [0.3, 0.4) is 0 Å². The van der Waals surface area contributed by atoms with Crippen molar-refractivity contribution >= 4 is 28.0 Å². The molecular formula is C25H20N2O2. The molecule has 1 aliphatic heterocycles. The van der Waals surface area contributed by atoms with Gasteiger partial charge in [0.2, 0.25) is 0 Å². The van der Waals surface area contributed by atoms with Crippen molar-refractivity contribution in [3.63, 3.8) is 0 Å². The minimum Gasteiger partial charge on any atom is -0.493 e. The Kier molecular flexibility index (Phi) is 4.37. The number of anilines is 1. The maximum atomic E-state index is 5.97. The molecule has 142 valence electrons. The minimum absolute atomic E-state index is 0.491. The average Bonchev–Trinajstić information content (AvgIpc) is 2.78. The number of hydrogen-bond donors (Lipinski definition) is 1. The normalized spacial score (nSPS) is 12.2. The number of benzene rings is 4. The zero-order valence-corrected chi connectivity index (χ0v) is 16.1. The number of rotatable bonds is 5. The second-order valence-corrected chi connectivity index (χ2v) is 6.91. The molecule has 4 nitrogen and oxygen atoms in total. The first kappa shape index (κ1) is 17.3. The molecule has 0 radical (unpaired) electrons. The molecule has 0 spiro atoms. The molecule has 0 aliphatic carbocycles. The van der Waals surface area contributed by atoms with Crippen LogP contribution in [0.2, 0.25) is 0 Å². The molecular weight excluding hydrogens is 360 g/mol. The summed E-state index contributed by atoms with van der Waals surface area (Å²) in [5.41, 5.74) is 4.09. The molecule has 0 saturated carbocycles. The second kappa shape index (κ2) is 7.32. The number of hydrogen-bond acceptors (Lipinski definition) is 4. The third-order valence-corrected chi connectivity index (χ3v) is 5.04. The summed E-state index contributed by atoms with van der Waals surface area (Å²) in [4.78, 5) is 4.84. The van der Waals surface area contributed by atoms with Crippen LogP contribution in [0, 0.1) is 0 Å². The average molecular weight is 380 g/mol. The molecule has 1 heterocycles. The molecule has 5 rings (SSSR count). The summed E-state index contributed by atoms with van der Waals surface area (Å²) in [6.07, 6.45) is 0. The monoisotopic (exact) mass is 380 g/mol. The molecule has 0 saturated heterocycles. The van der Waals surface area contributed by atoms with Gasteiger partial charge in [-0.2, -0.15) is 0 Å². The molecule has 0 unspecified atom stereocenters. The van der Waals surface area contributed by atoms with Crippen LogP contribution in [0.15, 0.2) is 89.9 Å². The Morgan fingerprint density at radius 3 is 2.48 bits per heavy atom. The second-order valence-electron chi connectivity index (χ2n) is 6.91. The predicted octanol–water partition coefficient (Wildman–Crippen LogP) is 5.93. The topological polar surface area (TPSA) is 42.8 Å². The molecule has 29 heavy (non-hydrogen) atoms. The van der Waals surface area contributed by atoms with Gasteiger partial charge in [-0.1, -0.05) is 54.6 Å². The molecule has 4 aromatic carbocycles. The molecule has 0 aromatic heterocycles. The third-order valence-electron chi connectivity index (χ3n) is 5.04. The first-order valence-electron chi connectivity index (χ1n) is 9.54. The fourth-order valence-electron chi connectivity index (χ4n) is 3.60. The summed E-state index contributed by atoms with van der Waals surface area (Å²) >= 11 is 0. The number of nitrogens with one attached hydrogen (secondary N) is 1. The summed E-state index contributed by atoms with van der Waals surface area (Å²) in [5.74, 6) is 2.18. The Hall–Kier alpha value is -3.79. The van der Waals surface area contributed by atoms with Gasteiger partial charge in [-0.3, -0.25) is 0 Å². The van der Waals surface area contributed by atoms with Crippen molar-refractivity contribution in [1.82, 2.24) is 0 Å². The first-order valence-corrected chi connectivity index (χ1v) is 9.54. The number of aliphatic imine (C=N–C) groups is 1. The van der Waals surface area contributed by atoms with Crippen molar-refractivity contribution in [1.29, 1.82) is 0 Å². The van der Waals surface area contributed by atoms with Crippen molar-refractivity contribution in [3.05, 3.63) is 96.1 Å². The standard InChI is InChI=1S/C25H20N2O2/c1-28-23-15-19(13-14-22(23)29-16-17-7-3-2-4-8-17)25-26-20-11-5-9-18-10-6-12-21(27-25)24(18)20/h2-15H,16H2,1H3,(H,26,27). The Morgan fingerprint density at radius 1 is 0.828 bits per heavy atom. The van der Waals surface area contributed by atoms with Crippen LogP contribution >= 0.6 is 0 Å². The number of methoxy groups -OCH3 is 1. The lowest BCUT2D eigenvalue weighted by Crippen LogP contribution is -2.16. The van der Waals surface area contributed by atoms with E-state index in [0.717, 1.165) is 33.7 Å². The molecule has 4 aromatic rings. The van der Waals surface area contributed by atoms with Crippen molar-refractivity contribution in [2.45, 2.75) is 6.61 Å². The van der Waals surface area contributed by atoms with E-state index < -0.39 is 0 Å². The zero-order chi connectivity index (χ0) is 19.6. The summed E-state index contributed by atoms with van der Waals surface area (Å²) < 4.78 is 11.6. The molecule has 0 fully saturated rings. The van der Waals surface area contributed by atoms with Gasteiger partial charge in [0.25, 0.3) is 0 Å². The van der Waals surface area contributed by atoms with Gasteiger partial charge in [-0.15, -0.1) is 0 Å². The fraction of sp³-hybridized carbons (Fsp3) is 0.0800. The van der Waals surface area contributed by atoms with Gasteiger partial charge in [0, 0.05) is 16.6 Å². The number of amidine groups is 1. The van der Waals surface area contributed by atoms with E-state index >= 15 is 0 Å². The summed E-state index contributed by atoms with van der Waals surface area (Å²) in [5, 5.41) is 5.78. The maximum Gasteiger partial charge on any atom is 0.161 e. The molecule has 0 atom stereocenters. The lowest BCUT2D eigenvalue weighted by Gasteiger charge is -2.20. The van der Waals surface area contributed by atoms with Crippen LogP contribution in [0.25, 0.3) is 10.8 Å². The summed E-state index contributed by atoms with van der Waals surface area (Å²) in [7, 11) is 1.65. The maximum absolute atomic E-state index is 5.97. The van der Waals surface area contributed by atoms with Gasteiger partial charge < -0.3 is 14.8 Å². The highest BCUT2D eigenvalue weighted by Crippen LogP contribution is 2.37. The van der Waals surface area contributed by atoms with Crippen LogP contribution in [0.1, 0.15) is 11.1 Å². The van der Waals surface area contributed by atoms with Crippen LogP contribution in [0.4, 0.5) is 11.4 Å². The van der Waals surface area contributed by atoms with Gasteiger partial charge in [0.05, 0.1) is 12.8 Å². The van der Waals surface area contributed by atoms with E-state index in [-0.39, 0.29) is 0 Å². The van der Waals surface area contributed by atoms with Crippen LogP contribution < -0.4 is 14.8 Å². The van der Waals surface area contributed by atoms with Crippen molar-refractivity contribution < 1.29 is 9.47 Å². The first-order chi connectivity index (χ1) is 14.3. The largest absolute Gasteiger partial charge is 0.493 e. The van der Waals surface area contributed by atoms with E-state index in [9.17, 15) is 0 Å². The molecule has 4 heteroatoms. The smallest absolute Gasteiger partial charge is 0.161 e. The summed E-state index contributed by atoms with van der Waals surface area (Å²) in [6, 6.07) is 28.4. The Morgan fingerprint density at radius 2 is 1.66 bits per heavy atom. The van der Waals surface area contributed by atoms with Gasteiger partial charge in [-0.05, 0) is 41.3 Å². The highest BCUT2D eigenvalue weighted by molar-refractivity contribution is 6.19.